The van der Waals surface area contributed by atoms with Gasteiger partial charge < -0.3 is 16.0 Å². The zero-order chi connectivity index (χ0) is 13.1. The second kappa shape index (κ2) is 5.39. The molecule has 0 saturated carbocycles. The van der Waals surface area contributed by atoms with Gasteiger partial charge in [-0.2, -0.15) is 5.10 Å². The molecule has 1 aliphatic rings. The minimum absolute atomic E-state index is 0.123. The van der Waals surface area contributed by atoms with Crippen LogP contribution in [0, 0.1) is 0 Å². The Balaban J connectivity index is 1.93. The van der Waals surface area contributed by atoms with Crippen LogP contribution < -0.4 is 11.1 Å². The fourth-order valence-corrected chi connectivity index (χ4v) is 2.38. The van der Waals surface area contributed by atoms with E-state index in [1.165, 1.54) is 10.9 Å². The number of aromatic nitrogens is 2. The van der Waals surface area contributed by atoms with Crippen molar-refractivity contribution in [3.05, 3.63) is 11.9 Å². The number of hydrogen-bond acceptors (Lipinski definition) is 4. The maximum absolute atomic E-state index is 12.1. The third-order valence-corrected chi connectivity index (χ3v) is 3.55. The van der Waals surface area contributed by atoms with Gasteiger partial charge in [0.25, 0.3) is 5.91 Å². The summed E-state index contributed by atoms with van der Waals surface area (Å²) in [7, 11) is 1.73. The van der Waals surface area contributed by atoms with E-state index in [2.05, 4.69) is 22.2 Å². The van der Waals surface area contributed by atoms with Crippen LogP contribution in [0.3, 0.4) is 0 Å². The lowest BCUT2D eigenvalue weighted by Crippen LogP contribution is -2.45. The summed E-state index contributed by atoms with van der Waals surface area (Å²) in [6.07, 6.45) is 3.50. The molecule has 1 aromatic heterocycles. The molecule has 0 unspecified atom stereocenters. The van der Waals surface area contributed by atoms with Crippen LogP contribution in [0.4, 0.5) is 5.69 Å². The zero-order valence-corrected chi connectivity index (χ0v) is 11.0. The van der Waals surface area contributed by atoms with Gasteiger partial charge in [-0.25, -0.2) is 0 Å². The molecule has 1 saturated heterocycles. The number of carbonyl (C=O) groups excluding carboxylic acids is 1. The van der Waals surface area contributed by atoms with Crippen LogP contribution in [-0.4, -0.2) is 46.3 Å². The van der Waals surface area contributed by atoms with Crippen LogP contribution >= 0.6 is 0 Å². The number of rotatable bonds is 3. The fraction of sp³-hybridized carbons (Fsp3) is 0.667. The Labute approximate surface area is 107 Å². The smallest absolute Gasteiger partial charge is 0.271 e. The van der Waals surface area contributed by atoms with Crippen molar-refractivity contribution in [1.29, 1.82) is 0 Å². The molecule has 1 aromatic rings. The number of nitrogens with one attached hydrogen (secondary N) is 1. The SMILES string of the molecule is CCN1CCC(NC(=O)c2c(N)cnn2C)CC1. The zero-order valence-electron chi connectivity index (χ0n) is 11.0. The van der Waals surface area contributed by atoms with E-state index in [4.69, 9.17) is 5.73 Å². The van der Waals surface area contributed by atoms with Gasteiger partial charge in [-0.05, 0) is 19.4 Å². The number of aryl methyl sites for hydroxylation is 1. The molecular weight excluding hydrogens is 230 g/mol. The molecule has 1 fully saturated rings. The highest BCUT2D eigenvalue weighted by molar-refractivity contribution is 5.97. The van der Waals surface area contributed by atoms with E-state index in [0.717, 1.165) is 32.5 Å². The monoisotopic (exact) mass is 251 g/mol. The molecule has 6 heteroatoms. The molecule has 100 valence electrons. The van der Waals surface area contributed by atoms with E-state index in [1.54, 1.807) is 7.05 Å². The minimum atomic E-state index is -0.123. The lowest BCUT2D eigenvalue weighted by atomic mass is 10.0. The number of anilines is 1. The first kappa shape index (κ1) is 12.9. The largest absolute Gasteiger partial charge is 0.396 e. The molecule has 18 heavy (non-hydrogen) atoms. The average Bonchev–Trinajstić information content (AvgIpc) is 2.70. The maximum Gasteiger partial charge on any atom is 0.271 e. The van der Waals surface area contributed by atoms with Crippen molar-refractivity contribution in [2.75, 3.05) is 25.4 Å². The van der Waals surface area contributed by atoms with Gasteiger partial charge >= 0.3 is 0 Å². The van der Waals surface area contributed by atoms with E-state index in [1.807, 2.05) is 0 Å². The Morgan fingerprint density at radius 1 is 1.56 bits per heavy atom. The summed E-state index contributed by atoms with van der Waals surface area (Å²) in [6, 6.07) is 0.245. The number of hydrogen-bond donors (Lipinski definition) is 2. The van der Waals surface area contributed by atoms with Gasteiger partial charge in [-0.3, -0.25) is 9.48 Å². The molecule has 2 heterocycles. The van der Waals surface area contributed by atoms with Crippen LogP contribution in [-0.2, 0) is 7.05 Å². The first-order valence-corrected chi connectivity index (χ1v) is 6.42. The molecular formula is C12H21N5O. The van der Waals surface area contributed by atoms with Crippen LogP contribution in [0.2, 0.25) is 0 Å². The summed E-state index contributed by atoms with van der Waals surface area (Å²) in [6.45, 7) is 5.33. The summed E-state index contributed by atoms with van der Waals surface area (Å²) in [5.41, 5.74) is 6.62. The van der Waals surface area contributed by atoms with Crippen molar-refractivity contribution in [2.45, 2.75) is 25.8 Å². The summed E-state index contributed by atoms with van der Waals surface area (Å²) in [5, 5.41) is 7.02. The normalized spacial score (nSPS) is 17.9. The molecule has 6 nitrogen and oxygen atoms in total. The fourth-order valence-electron chi connectivity index (χ4n) is 2.38. The first-order chi connectivity index (χ1) is 8.61. The van der Waals surface area contributed by atoms with Crippen molar-refractivity contribution in [1.82, 2.24) is 20.0 Å². The van der Waals surface area contributed by atoms with Crippen molar-refractivity contribution < 1.29 is 4.79 Å². The number of likely N-dealkylation sites (tertiary alicyclic amines) is 1. The van der Waals surface area contributed by atoms with E-state index < -0.39 is 0 Å². The molecule has 2 rings (SSSR count). The summed E-state index contributed by atoms with van der Waals surface area (Å²) in [5.74, 6) is -0.123. The Kier molecular flexibility index (Phi) is 3.86. The molecule has 1 aliphatic heterocycles. The summed E-state index contributed by atoms with van der Waals surface area (Å²) in [4.78, 5) is 14.5. The van der Waals surface area contributed by atoms with Gasteiger partial charge in [-0.1, -0.05) is 6.92 Å². The third kappa shape index (κ3) is 2.64. The number of nitrogens with two attached hydrogens (primary N) is 1. The molecule has 0 bridgehead atoms. The predicted molar refractivity (Wildman–Crippen MR) is 70.2 cm³/mol. The van der Waals surface area contributed by atoms with Gasteiger partial charge in [-0.15, -0.1) is 0 Å². The van der Waals surface area contributed by atoms with Gasteiger partial charge in [0.2, 0.25) is 0 Å². The van der Waals surface area contributed by atoms with Crippen molar-refractivity contribution in [2.24, 2.45) is 7.05 Å². The second-order valence-electron chi connectivity index (χ2n) is 4.75. The van der Waals surface area contributed by atoms with E-state index in [0.29, 0.717) is 11.4 Å². The third-order valence-electron chi connectivity index (χ3n) is 3.55. The highest BCUT2D eigenvalue weighted by Gasteiger charge is 2.22. The number of nitrogen functional groups attached to an aromatic ring is 1. The van der Waals surface area contributed by atoms with E-state index >= 15 is 0 Å². The van der Waals surface area contributed by atoms with Gasteiger partial charge in [0, 0.05) is 26.2 Å². The number of piperidine rings is 1. The summed E-state index contributed by atoms with van der Waals surface area (Å²) >= 11 is 0. The second-order valence-corrected chi connectivity index (χ2v) is 4.75. The maximum atomic E-state index is 12.1. The standard InChI is InChI=1S/C12H21N5O/c1-3-17-6-4-9(5-7-17)15-12(18)11-10(13)8-14-16(11)2/h8-9H,3-7,13H2,1-2H3,(H,15,18). The topological polar surface area (TPSA) is 76.2 Å². The van der Waals surface area contributed by atoms with E-state index in [9.17, 15) is 4.79 Å². The van der Waals surface area contributed by atoms with E-state index in [-0.39, 0.29) is 11.9 Å². The molecule has 1 amide bonds. The van der Waals surface area contributed by atoms with Crippen LogP contribution in [0.5, 0.6) is 0 Å². The average molecular weight is 251 g/mol. The Morgan fingerprint density at radius 3 is 2.72 bits per heavy atom. The number of nitrogens with zero attached hydrogens (tertiary/aromatic N) is 3. The minimum Gasteiger partial charge on any atom is -0.396 e. The number of carbonyl (C=O) groups is 1. The molecule has 0 aromatic carbocycles. The van der Waals surface area contributed by atoms with Gasteiger partial charge in [0.1, 0.15) is 5.69 Å². The van der Waals surface area contributed by atoms with Crippen LogP contribution in [0.25, 0.3) is 0 Å². The molecule has 0 aliphatic carbocycles. The Hall–Kier alpha value is -1.56. The first-order valence-electron chi connectivity index (χ1n) is 6.42. The lowest BCUT2D eigenvalue weighted by molar-refractivity contribution is 0.0904. The molecule has 3 N–H and O–H groups in total. The lowest BCUT2D eigenvalue weighted by Gasteiger charge is -2.31. The Bertz CT molecular complexity index is 401. The predicted octanol–water partition coefficient (Wildman–Crippen LogP) is 0.216. The Morgan fingerprint density at radius 2 is 2.22 bits per heavy atom. The van der Waals surface area contributed by atoms with Crippen LogP contribution in [0.1, 0.15) is 30.3 Å². The number of amides is 1. The molecule has 0 radical (unpaired) electrons. The highest BCUT2D eigenvalue weighted by atomic mass is 16.2. The quantitative estimate of drug-likeness (QED) is 0.805. The highest BCUT2D eigenvalue weighted by Crippen LogP contribution is 2.13. The van der Waals surface area contributed by atoms with Gasteiger partial charge in [0.05, 0.1) is 11.9 Å². The van der Waals surface area contributed by atoms with Crippen molar-refractivity contribution in [3.63, 3.8) is 0 Å². The van der Waals surface area contributed by atoms with Crippen molar-refractivity contribution in [3.8, 4) is 0 Å². The molecule has 0 spiro atoms. The van der Waals surface area contributed by atoms with Crippen molar-refractivity contribution >= 4 is 11.6 Å². The molecule has 0 atom stereocenters. The van der Waals surface area contributed by atoms with Crippen LogP contribution in [0.15, 0.2) is 6.20 Å². The summed E-state index contributed by atoms with van der Waals surface area (Å²) < 4.78 is 1.52. The van der Waals surface area contributed by atoms with Gasteiger partial charge in [0.15, 0.2) is 0 Å².